The molecule has 0 atom stereocenters. The number of hydrogen-bond acceptors (Lipinski definition) is 4. The van der Waals surface area contributed by atoms with Crippen molar-refractivity contribution >= 4 is 22.6 Å². The fourth-order valence-corrected chi connectivity index (χ4v) is 3.53. The van der Waals surface area contributed by atoms with Gasteiger partial charge in [-0.3, -0.25) is 4.79 Å². The summed E-state index contributed by atoms with van der Waals surface area (Å²) in [7, 11) is 0. The standard InChI is InChI=1S/C21H19F3N4O/c22-16-7-3-1-5-14(16)21(29)28-11-9-13(10-12-28)25-19-15-6-2-4-8-17(15)26-20(27-19)18(23)24/h1-8,13,18H,9-12H2,(H,25,26,27). The second-order valence-corrected chi connectivity index (χ2v) is 6.94. The topological polar surface area (TPSA) is 58.1 Å². The van der Waals surface area contributed by atoms with Gasteiger partial charge < -0.3 is 10.2 Å². The van der Waals surface area contributed by atoms with Crippen molar-refractivity contribution in [3.63, 3.8) is 0 Å². The highest BCUT2D eigenvalue weighted by Crippen LogP contribution is 2.26. The number of carbonyl (C=O) groups is 1. The van der Waals surface area contributed by atoms with Gasteiger partial charge in [0.2, 0.25) is 0 Å². The number of halogens is 3. The van der Waals surface area contributed by atoms with Gasteiger partial charge in [0.25, 0.3) is 12.3 Å². The van der Waals surface area contributed by atoms with Crippen LogP contribution in [0.1, 0.15) is 35.4 Å². The van der Waals surface area contributed by atoms with Crippen molar-refractivity contribution in [2.75, 3.05) is 18.4 Å². The highest BCUT2D eigenvalue weighted by Gasteiger charge is 2.26. The summed E-state index contributed by atoms with van der Waals surface area (Å²) in [6.07, 6.45) is -1.56. The summed E-state index contributed by atoms with van der Waals surface area (Å²) in [5.74, 6) is -1.03. The molecule has 1 amide bonds. The van der Waals surface area contributed by atoms with Crippen LogP contribution in [0.4, 0.5) is 19.0 Å². The first-order valence-electron chi connectivity index (χ1n) is 9.38. The molecule has 0 aliphatic carbocycles. The van der Waals surface area contributed by atoms with Gasteiger partial charge >= 0.3 is 0 Å². The van der Waals surface area contributed by atoms with E-state index in [1.807, 2.05) is 0 Å². The zero-order chi connectivity index (χ0) is 20.4. The number of rotatable bonds is 4. The van der Waals surface area contributed by atoms with Crippen molar-refractivity contribution in [1.29, 1.82) is 0 Å². The van der Waals surface area contributed by atoms with Gasteiger partial charge in [0.1, 0.15) is 11.6 Å². The molecule has 0 spiro atoms. The number of amides is 1. The first-order chi connectivity index (χ1) is 14.0. The minimum absolute atomic E-state index is 0.0384. The third-order valence-electron chi connectivity index (χ3n) is 5.04. The Hall–Kier alpha value is -3.16. The molecule has 29 heavy (non-hydrogen) atoms. The van der Waals surface area contributed by atoms with Crippen LogP contribution in [0.25, 0.3) is 10.9 Å². The van der Waals surface area contributed by atoms with Crippen molar-refractivity contribution in [2.24, 2.45) is 0 Å². The molecule has 1 fully saturated rings. The third kappa shape index (κ3) is 4.01. The van der Waals surface area contributed by atoms with Crippen molar-refractivity contribution in [2.45, 2.75) is 25.3 Å². The number of nitrogens with one attached hydrogen (secondary N) is 1. The second-order valence-electron chi connectivity index (χ2n) is 6.94. The third-order valence-corrected chi connectivity index (χ3v) is 5.04. The van der Waals surface area contributed by atoms with E-state index in [0.717, 1.165) is 0 Å². The number of nitrogens with zero attached hydrogens (tertiary/aromatic N) is 3. The Morgan fingerprint density at radius 1 is 1.03 bits per heavy atom. The van der Waals surface area contributed by atoms with Crippen molar-refractivity contribution in [1.82, 2.24) is 14.9 Å². The van der Waals surface area contributed by atoms with Crippen LogP contribution in [-0.4, -0.2) is 39.9 Å². The summed E-state index contributed by atoms with van der Waals surface area (Å²) >= 11 is 0. The number of anilines is 1. The van der Waals surface area contributed by atoms with E-state index in [1.165, 1.54) is 12.1 Å². The molecule has 4 rings (SSSR count). The van der Waals surface area contributed by atoms with Gasteiger partial charge in [0.05, 0.1) is 11.1 Å². The lowest BCUT2D eigenvalue weighted by Crippen LogP contribution is -2.42. The molecule has 1 aromatic heterocycles. The van der Waals surface area contributed by atoms with Crippen LogP contribution in [0.3, 0.4) is 0 Å². The molecule has 1 saturated heterocycles. The monoisotopic (exact) mass is 400 g/mol. The number of para-hydroxylation sites is 1. The van der Waals surface area contributed by atoms with E-state index < -0.39 is 18.1 Å². The summed E-state index contributed by atoms with van der Waals surface area (Å²) in [4.78, 5) is 22.1. The Balaban J connectivity index is 1.48. The molecule has 8 heteroatoms. The average molecular weight is 400 g/mol. The van der Waals surface area contributed by atoms with Crippen molar-refractivity contribution in [3.05, 3.63) is 65.7 Å². The van der Waals surface area contributed by atoms with Gasteiger partial charge in [0, 0.05) is 24.5 Å². The van der Waals surface area contributed by atoms with Crippen LogP contribution in [0.15, 0.2) is 48.5 Å². The SMILES string of the molecule is O=C(c1ccccc1F)N1CCC(Nc2nc(C(F)F)nc3ccccc23)CC1. The van der Waals surface area contributed by atoms with Gasteiger partial charge in [-0.05, 0) is 37.1 Å². The number of likely N-dealkylation sites (tertiary alicyclic amines) is 1. The Bertz CT molecular complexity index is 1040. The number of carbonyl (C=O) groups excluding carboxylic acids is 1. The molecule has 3 aromatic rings. The highest BCUT2D eigenvalue weighted by molar-refractivity contribution is 5.94. The number of hydrogen-bond donors (Lipinski definition) is 1. The normalized spacial score (nSPS) is 15.1. The van der Waals surface area contributed by atoms with Crippen LogP contribution in [-0.2, 0) is 0 Å². The predicted octanol–water partition coefficient (Wildman–Crippen LogP) is 4.42. The highest BCUT2D eigenvalue weighted by atomic mass is 19.3. The van der Waals surface area contributed by atoms with Crippen molar-refractivity contribution < 1.29 is 18.0 Å². The van der Waals surface area contributed by atoms with Gasteiger partial charge in [-0.15, -0.1) is 0 Å². The van der Waals surface area contributed by atoms with E-state index in [1.54, 1.807) is 41.3 Å². The van der Waals surface area contributed by atoms with Gasteiger partial charge in [0.15, 0.2) is 5.82 Å². The molecule has 5 nitrogen and oxygen atoms in total. The zero-order valence-electron chi connectivity index (χ0n) is 15.5. The first kappa shape index (κ1) is 19.2. The quantitative estimate of drug-likeness (QED) is 0.704. The molecule has 150 valence electrons. The van der Waals surface area contributed by atoms with Crippen LogP contribution in [0, 0.1) is 5.82 Å². The summed E-state index contributed by atoms with van der Waals surface area (Å²) in [6, 6.07) is 12.9. The molecule has 1 aliphatic heterocycles. The molecule has 2 aromatic carbocycles. The summed E-state index contributed by atoms with van der Waals surface area (Å²) in [5, 5.41) is 3.90. The lowest BCUT2D eigenvalue weighted by atomic mass is 10.0. The molecule has 0 bridgehead atoms. The van der Waals surface area contributed by atoms with E-state index in [0.29, 0.717) is 42.7 Å². The van der Waals surface area contributed by atoms with E-state index in [2.05, 4.69) is 15.3 Å². The maximum Gasteiger partial charge on any atom is 0.297 e. The summed E-state index contributed by atoms with van der Waals surface area (Å²) < 4.78 is 40.2. The van der Waals surface area contributed by atoms with E-state index in [-0.39, 0.29) is 17.5 Å². The van der Waals surface area contributed by atoms with Crippen LogP contribution in [0.5, 0.6) is 0 Å². The molecule has 1 N–H and O–H groups in total. The Morgan fingerprint density at radius 2 is 1.72 bits per heavy atom. The predicted molar refractivity (Wildman–Crippen MR) is 103 cm³/mol. The second kappa shape index (κ2) is 8.06. The molecular weight excluding hydrogens is 381 g/mol. The minimum Gasteiger partial charge on any atom is -0.367 e. The van der Waals surface area contributed by atoms with Crippen LogP contribution in [0.2, 0.25) is 0 Å². The maximum atomic E-state index is 13.9. The number of aromatic nitrogens is 2. The fourth-order valence-electron chi connectivity index (χ4n) is 3.53. The van der Waals surface area contributed by atoms with E-state index >= 15 is 0 Å². The van der Waals surface area contributed by atoms with Gasteiger partial charge in [-0.25, -0.2) is 23.1 Å². The van der Waals surface area contributed by atoms with Crippen LogP contribution < -0.4 is 5.32 Å². The summed E-state index contributed by atoms with van der Waals surface area (Å²) in [6.45, 7) is 0.880. The molecule has 0 unspecified atom stereocenters. The smallest absolute Gasteiger partial charge is 0.297 e. The number of benzene rings is 2. The van der Waals surface area contributed by atoms with E-state index in [9.17, 15) is 18.0 Å². The molecule has 1 aliphatic rings. The molecule has 0 radical (unpaired) electrons. The van der Waals surface area contributed by atoms with Crippen molar-refractivity contribution in [3.8, 4) is 0 Å². The zero-order valence-corrected chi connectivity index (χ0v) is 15.5. The van der Waals surface area contributed by atoms with Gasteiger partial charge in [-0.2, -0.15) is 0 Å². The van der Waals surface area contributed by atoms with Gasteiger partial charge in [-0.1, -0.05) is 24.3 Å². The van der Waals surface area contributed by atoms with Crippen LogP contribution >= 0.6 is 0 Å². The molecular formula is C21H19F3N4O. The lowest BCUT2D eigenvalue weighted by molar-refractivity contribution is 0.0713. The largest absolute Gasteiger partial charge is 0.367 e. The minimum atomic E-state index is -2.76. The summed E-state index contributed by atoms with van der Waals surface area (Å²) in [5.41, 5.74) is 0.509. The molecule has 2 heterocycles. The lowest BCUT2D eigenvalue weighted by Gasteiger charge is -2.33. The number of fused-ring (bicyclic) bond motifs is 1. The fraction of sp³-hybridized carbons (Fsp3) is 0.286. The van der Waals surface area contributed by atoms with E-state index in [4.69, 9.17) is 0 Å². The first-order valence-corrected chi connectivity index (χ1v) is 9.38. The maximum absolute atomic E-state index is 13.9. The average Bonchev–Trinajstić information content (AvgIpc) is 2.74. The molecule has 0 saturated carbocycles. The number of piperidine rings is 1. The Kier molecular flexibility index (Phi) is 5.33. The Morgan fingerprint density at radius 3 is 2.45 bits per heavy atom. The number of alkyl halides is 2. The Labute approximate surface area is 165 Å².